The predicted octanol–water partition coefficient (Wildman–Crippen LogP) is 0.709. The molecule has 2 aliphatic heterocycles. The lowest BCUT2D eigenvalue weighted by Gasteiger charge is -1.97. The molecule has 0 saturated carbocycles. The second-order valence-electron chi connectivity index (χ2n) is 1.66. The molecule has 0 aromatic carbocycles. The number of nitrogens with one attached hydrogen (secondary N) is 1. The van der Waals surface area contributed by atoms with Crippen LogP contribution in [-0.2, 0) is 0 Å². The Morgan fingerprint density at radius 2 is 2.75 bits per heavy atom. The highest BCUT2D eigenvalue weighted by Crippen LogP contribution is 2.28. The minimum atomic E-state index is 0.556. The molecule has 0 radical (unpaired) electrons. The van der Waals surface area contributed by atoms with Gasteiger partial charge in [0.15, 0.2) is 0 Å². The summed E-state index contributed by atoms with van der Waals surface area (Å²) in [6, 6.07) is 0. The lowest BCUT2D eigenvalue weighted by molar-refractivity contribution is 0.904. The van der Waals surface area contributed by atoms with Gasteiger partial charge < -0.3 is 0 Å². The quantitative estimate of drug-likeness (QED) is 0.544. The first-order valence-corrected chi connectivity index (χ1v) is 4.52. The number of rotatable bonds is 0. The highest BCUT2D eigenvalue weighted by atomic mass is 32.2. The number of hydrogen-bond acceptors (Lipinski definition) is 4. The molecule has 2 rings (SSSR count). The zero-order chi connectivity index (χ0) is 5.40. The lowest BCUT2D eigenvalue weighted by atomic mass is 10.7. The normalized spacial score (nSPS) is 35.0. The molecule has 0 spiro atoms. The first kappa shape index (κ1) is 5.14. The number of aliphatic imine (C=N–C) groups is 1. The average molecular weight is 146 g/mol. The van der Waals surface area contributed by atoms with Crippen LogP contribution >= 0.6 is 23.5 Å². The number of fused-ring (bicyclic) bond motifs is 1. The first-order valence-electron chi connectivity index (χ1n) is 2.49. The third kappa shape index (κ3) is 0.674. The number of thioether (sulfide) groups is 2. The Balaban J connectivity index is 2.20. The van der Waals surface area contributed by atoms with Crippen LogP contribution < -0.4 is 5.32 Å². The van der Waals surface area contributed by atoms with Gasteiger partial charge in [-0.3, -0.25) is 10.3 Å². The van der Waals surface area contributed by atoms with Gasteiger partial charge in [-0.15, -0.1) is 11.8 Å². The molecule has 2 aliphatic rings. The Morgan fingerprint density at radius 1 is 1.75 bits per heavy atom. The lowest BCUT2D eigenvalue weighted by Crippen LogP contribution is -2.19. The first-order chi connectivity index (χ1) is 3.97. The Labute approximate surface area is 56.5 Å². The number of hydrogen-bond donors (Lipinski definition) is 1. The van der Waals surface area contributed by atoms with Gasteiger partial charge in [-0.1, -0.05) is 11.8 Å². The summed E-state index contributed by atoms with van der Waals surface area (Å²) < 4.78 is 0. The van der Waals surface area contributed by atoms with E-state index in [1.165, 1.54) is 5.04 Å². The molecule has 1 atom stereocenters. The van der Waals surface area contributed by atoms with Crippen molar-refractivity contribution in [2.75, 3.05) is 11.8 Å². The van der Waals surface area contributed by atoms with E-state index < -0.39 is 0 Å². The molecule has 0 bridgehead atoms. The topological polar surface area (TPSA) is 24.4 Å². The highest BCUT2D eigenvalue weighted by Gasteiger charge is 2.26. The molecule has 1 saturated heterocycles. The molecule has 1 N–H and O–H groups in total. The van der Waals surface area contributed by atoms with E-state index in [-0.39, 0.29) is 0 Å². The molecule has 1 unspecified atom stereocenters. The van der Waals surface area contributed by atoms with Crippen LogP contribution in [0.4, 0.5) is 0 Å². The molecular weight excluding hydrogens is 140 g/mol. The van der Waals surface area contributed by atoms with Crippen LogP contribution in [0.25, 0.3) is 0 Å². The predicted molar refractivity (Wildman–Crippen MR) is 39.3 cm³/mol. The molecule has 8 heavy (non-hydrogen) atoms. The van der Waals surface area contributed by atoms with Crippen LogP contribution in [0.5, 0.6) is 0 Å². The third-order valence-electron chi connectivity index (χ3n) is 1.17. The molecule has 2 nitrogen and oxygen atoms in total. The number of nitrogens with zero attached hydrogens (tertiary/aromatic N) is 1. The van der Waals surface area contributed by atoms with E-state index in [9.17, 15) is 0 Å². The van der Waals surface area contributed by atoms with Crippen LogP contribution in [0.15, 0.2) is 4.99 Å². The maximum Gasteiger partial charge on any atom is 0.105 e. The Kier molecular flexibility index (Phi) is 1.24. The van der Waals surface area contributed by atoms with Gasteiger partial charge in [0, 0.05) is 5.88 Å². The molecule has 1 fully saturated rings. The smallest absolute Gasteiger partial charge is 0.105 e. The summed E-state index contributed by atoms with van der Waals surface area (Å²) in [5.41, 5.74) is 0. The van der Waals surface area contributed by atoms with Crippen LogP contribution in [0, 0.1) is 0 Å². The van der Waals surface area contributed by atoms with E-state index in [2.05, 4.69) is 10.3 Å². The summed E-state index contributed by atoms with van der Waals surface area (Å²) in [7, 11) is 0. The van der Waals surface area contributed by atoms with E-state index >= 15 is 0 Å². The fraction of sp³-hybridized carbons (Fsp3) is 0.750. The van der Waals surface area contributed by atoms with Gasteiger partial charge in [0.1, 0.15) is 5.37 Å². The highest BCUT2D eigenvalue weighted by molar-refractivity contribution is 8.17. The van der Waals surface area contributed by atoms with Gasteiger partial charge >= 0.3 is 0 Å². The summed E-state index contributed by atoms with van der Waals surface area (Å²) in [4.78, 5) is 4.28. The summed E-state index contributed by atoms with van der Waals surface area (Å²) in [6.45, 7) is 0. The van der Waals surface area contributed by atoms with Crippen molar-refractivity contribution in [2.24, 2.45) is 4.99 Å². The summed E-state index contributed by atoms with van der Waals surface area (Å²) in [5, 5.41) is 5.17. The maximum absolute atomic E-state index is 4.28. The van der Waals surface area contributed by atoms with E-state index in [4.69, 9.17) is 0 Å². The van der Waals surface area contributed by atoms with Crippen molar-refractivity contribution in [3.63, 3.8) is 0 Å². The Hall–Kier alpha value is 0.330. The van der Waals surface area contributed by atoms with Crippen molar-refractivity contribution in [2.45, 2.75) is 5.37 Å². The van der Waals surface area contributed by atoms with Gasteiger partial charge in [-0.2, -0.15) is 0 Å². The Bertz CT molecular complexity index is 134. The fourth-order valence-electron chi connectivity index (χ4n) is 0.788. The molecular formula is C4H6N2S2. The Morgan fingerprint density at radius 3 is 3.62 bits per heavy atom. The van der Waals surface area contributed by atoms with Crippen LogP contribution in [0.2, 0.25) is 0 Å². The molecule has 0 aromatic rings. The third-order valence-corrected chi connectivity index (χ3v) is 3.30. The molecule has 2 heterocycles. The van der Waals surface area contributed by atoms with Crippen molar-refractivity contribution >= 4 is 28.6 Å². The van der Waals surface area contributed by atoms with E-state index in [0.717, 1.165) is 11.8 Å². The van der Waals surface area contributed by atoms with E-state index in [1.807, 2.05) is 23.5 Å². The van der Waals surface area contributed by atoms with Crippen LogP contribution in [0.1, 0.15) is 0 Å². The summed E-state index contributed by atoms with van der Waals surface area (Å²) >= 11 is 3.71. The molecule has 4 heteroatoms. The average Bonchev–Trinajstić information content (AvgIpc) is 2.15. The van der Waals surface area contributed by atoms with Crippen molar-refractivity contribution in [3.05, 3.63) is 0 Å². The van der Waals surface area contributed by atoms with Gasteiger partial charge in [-0.25, -0.2) is 0 Å². The van der Waals surface area contributed by atoms with Crippen molar-refractivity contribution in [1.82, 2.24) is 5.32 Å². The van der Waals surface area contributed by atoms with E-state index in [1.54, 1.807) is 0 Å². The van der Waals surface area contributed by atoms with Gasteiger partial charge in [0.25, 0.3) is 0 Å². The molecule has 0 aliphatic carbocycles. The van der Waals surface area contributed by atoms with Crippen LogP contribution in [-0.4, -0.2) is 22.2 Å². The van der Waals surface area contributed by atoms with E-state index in [0.29, 0.717) is 5.37 Å². The van der Waals surface area contributed by atoms with Gasteiger partial charge in [0.05, 0.1) is 10.9 Å². The second-order valence-corrected chi connectivity index (χ2v) is 3.72. The van der Waals surface area contributed by atoms with Gasteiger partial charge in [0.2, 0.25) is 0 Å². The van der Waals surface area contributed by atoms with Gasteiger partial charge in [-0.05, 0) is 0 Å². The maximum atomic E-state index is 4.28. The monoisotopic (exact) mass is 146 g/mol. The standard InChI is InChI=1S/C4H6N2S2/c1-5-3-4(7-1)6-2-8-3/h3,5H,1-2H2. The van der Waals surface area contributed by atoms with Crippen LogP contribution in [0.3, 0.4) is 0 Å². The fourth-order valence-corrected chi connectivity index (χ4v) is 2.95. The zero-order valence-electron chi connectivity index (χ0n) is 4.26. The summed E-state index contributed by atoms with van der Waals surface area (Å²) in [5.74, 6) is 2.01. The largest absolute Gasteiger partial charge is 0.290 e. The minimum Gasteiger partial charge on any atom is -0.290 e. The van der Waals surface area contributed by atoms with Crippen molar-refractivity contribution in [1.29, 1.82) is 0 Å². The van der Waals surface area contributed by atoms with Crippen molar-refractivity contribution < 1.29 is 0 Å². The zero-order valence-corrected chi connectivity index (χ0v) is 5.89. The second kappa shape index (κ2) is 1.93. The molecule has 0 amide bonds. The van der Waals surface area contributed by atoms with Crippen molar-refractivity contribution in [3.8, 4) is 0 Å². The molecule has 44 valence electrons. The molecule has 0 aromatic heterocycles. The minimum absolute atomic E-state index is 0.556. The summed E-state index contributed by atoms with van der Waals surface area (Å²) in [6.07, 6.45) is 0. The SMILES string of the molecule is C1NC2SCN=C2S1.